The number of rotatable bonds is 5. The van der Waals surface area contributed by atoms with Crippen LogP contribution in [0.3, 0.4) is 0 Å². The number of urea groups is 1. The third-order valence-corrected chi connectivity index (χ3v) is 4.21. The molecule has 3 nitrogen and oxygen atoms in total. The van der Waals surface area contributed by atoms with Gasteiger partial charge in [0, 0.05) is 26.2 Å². The molecule has 1 unspecified atom stereocenters. The molecular weight excluding hydrogens is 224 g/mol. The fourth-order valence-electron chi connectivity index (χ4n) is 2.76. The van der Waals surface area contributed by atoms with Crippen LogP contribution >= 0.6 is 0 Å². The molecule has 1 fully saturated rings. The largest absolute Gasteiger partial charge is 0.325 e. The first-order valence-electron chi connectivity index (χ1n) is 7.66. The van der Waals surface area contributed by atoms with E-state index in [1.54, 1.807) is 0 Å². The lowest BCUT2D eigenvalue weighted by molar-refractivity contribution is 0.126. The summed E-state index contributed by atoms with van der Waals surface area (Å²) < 4.78 is 0. The van der Waals surface area contributed by atoms with E-state index >= 15 is 0 Å². The highest BCUT2D eigenvalue weighted by Gasteiger charge is 2.25. The number of piperidine rings is 1. The first-order valence-corrected chi connectivity index (χ1v) is 7.66. The molecule has 1 heterocycles. The van der Waals surface area contributed by atoms with E-state index in [0.717, 1.165) is 45.4 Å². The number of amides is 2. The van der Waals surface area contributed by atoms with Gasteiger partial charge in [0.1, 0.15) is 0 Å². The lowest BCUT2D eigenvalue weighted by Crippen LogP contribution is -2.48. The molecule has 18 heavy (non-hydrogen) atoms. The van der Waals surface area contributed by atoms with Crippen LogP contribution in [0.15, 0.2) is 0 Å². The number of nitrogens with zero attached hydrogens (tertiary/aromatic N) is 2. The van der Waals surface area contributed by atoms with Crippen molar-refractivity contribution in [2.45, 2.75) is 53.4 Å². The number of carbonyl (C=O) groups is 1. The summed E-state index contributed by atoms with van der Waals surface area (Å²) in [6.07, 6.45) is 4.76. The minimum absolute atomic E-state index is 0.260. The minimum atomic E-state index is 0.260. The summed E-state index contributed by atoms with van der Waals surface area (Å²) in [4.78, 5) is 16.6. The molecule has 1 aliphatic rings. The summed E-state index contributed by atoms with van der Waals surface area (Å²) in [6, 6.07) is 0.260. The van der Waals surface area contributed by atoms with Crippen LogP contribution in [0.1, 0.15) is 53.4 Å². The normalized spacial score (nSPS) is 20.3. The predicted molar refractivity (Wildman–Crippen MR) is 76.7 cm³/mol. The van der Waals surface area contributed by atoms with Crippen molar-refractivity contribution in [2.75, 3.05) is 26.2 Å². The average molecular weight is 254 g/mol. The van der Waals surface area contributed by atoms with Gasteiger partial charge in [-0.05, 0) is 31.6 Å². The Labute approximate surface area is 113 Å². The fourth-order valence-corrected chi connectivity index (χ4v) is 2.76. The van der Waals surface area contributed by atoms with Crippen molar-refractivity contribution in [1.82, 2.24) is 9.80 Å². The maximum absolute atomic E-state index is 12.5. The maximum Gasteiger partial charge on any atom is 0.320 e. The van der Waals surface area contributed by atoms with E-state index in [1.807, 2.05) is 4.90 Å². The summed E-state index contributed by atoms with van der Waals surface area (Å²) in [6.45, 7) is 12.4. The zero-order chi connectivity index (χ0) is 13.5. The van der Waals surface area contributed by atoms with Crippen LogP contribution in [0.4, 0.5) is 4.79 Å². The van der Waals surface area contributed by atoms with E-state index in [0.29, 0.717) is 11.8 Å². The first-order chi connectivity index (χ1) is 8.62. The van der Waals surface area contributed by atoms with Gasteiger partial charge < -0.3 is 9.80 Å². The van der Waals surface area contributed by atoms with Gasteiger partial charge in [-0.2, -0.15) is 0 Å². The molecule has 3 heteroatoms. The molecule has 0 spiro atoms. The van der Waals surface area contributed by atoms with Gasteiger partial charge in [-0.15, -0.1) is 0 Å². The Balaban J connectivity index is 2.55. The lowest BCUT2D eigenvalue weighted by Gasteiger charge is -2.36. The Morgan fingerprint density at radius 2 is 2.00 bits per heavy atom. The zero-order valence-corrected chi connectivity index (χ0v) is 12.6. The number of hydrogen-bond acceptors (Lipinski definition) is 1. The highest BCUT2D eigenvalue weighted by atomic mass is 16.2. The smallest absolute Gasteiger partial charge is 0.320 e. The Bertz CT molecular complexity index is 251. The van der Waals surface area contributed by atoms with E-state index in [-0.39, 0.29) is 6.03 Å². The second-order valence-electron chi connectivity index (χ2n) is 5.70. The summed E-state index contributed by atoms with van der Waals surface area (Å²) >= 11 is 0. The highest BCUT2D eigenvalue weighted by molar-refractivity contribution is 5.74. The molecule has 1 atom stereocenters. The van der Waals surface area contributed by atoms with Crippen molar-refractivity contribution in [3.8, 4) is 0 Å². The van der Waals surface area contributed by atoms with Crippen molar-refractivity contribution in [2.24, 2.45) is 11.8 Å². The molecule has 2 amide bonds. The lowest BCUT2D eigenvalue weighted by atomic mass is 10.0. The fraction of sp³-hybridized carbons (Fsp3) is 0.933. The Morgan fingerprint density at radius 3 is 2.50 bits per heavy atom. The van der Waals surface area contributed by atoms with Crippen molar-refractivity contribution >= 4 is 6.03 Å². The van der Waals surface area contributed by atoms with Gasteiger partial charge in [-0.3, -0.25) is 0 Å². The van der Waals surface area contributed by atoms with E-state index in [2.05, 4.69) is 32.6 Å². The molecule has 106 valence electrons. The highest BCUT2D eigenvalue weighted by Crippen LogP contribution is 2.18. The van der Waals surface area contributed by atoms with Crippen molar-refractivity contribution < 1.29 is 4.79 Å². The van der Waals surface area contributed by atoms with Crippen LogP contribution in [0.25, 0.3) is 0 Å². The number of carbonyl (C=O) groups excluding carboxylic acids is 1. The predicted octanol–water partition coefficient (Wildman–Crippen LogP) is 3.60. The van der Waals surface area contributed by atoms with Crippen molar-refractivity contribution in [1.29, 1.82) is 0 Å². The van der Waals surface area contributed by atoms with Crippen LogP contribution in [0.2, 0.25) is 0 Å². The summed E-state index contributed by atoms with van der Waals surface area (Å²) in [5.74, 6) is 1.31. The van der Waals surface area contributed by atoms with Crippen LogP contribution in [0.5, 0.6) is 0 Å². The maximum atomic E-state index is 12.5. The quantitative estimate of drug-likeness (QED) is 0.735. The van der Waals surface area contributed by atoms with Gasteiger partial charge in [0.15, 0.2) is 0 Å². The molecule has 1 rings (SSSR count). The SMILES string of the molecule is CCC(CC)CN(CC)C(=O)N1CCCC(C)C1. The molecule has 1 saturated heterocycles. The second-order valence-corrected chi connectivity index (χ2v) is 5.70. The van der Waals surface area contributed by atoms with E-state index in [1.165, 1.54) is 6.42 Å². The molecule has 0 saturated carbocycles. The Morgan fingerprint density at radius 1 is 1.33 bits per heavy atom. The monoisotopic (exact) mass is 254 g/mol. The van der Waals surface area contributed by atoms with E-state index in [4.69, 9.17) is 0 Å². The zero-order valence-electron chi connectivity index (χ0n) is 12.6. The summed E-state index contributed by atoms with van der Waals surface area (Å²) in [5.41, 5.74) is 0. The second kappa shape index (κ2) is 7.65. The minimum Gasteiger partial charge on any atom is -0.325 e. The molecule has 1 aliphatic heterocycles. The summed E-state index contributed by atoms with van der Waals surface area (Å²) in [5, 5.41) is 0. The van der Waals surface area contributed by atoms with E-state index < -0.39 is 0 Å². The van der Waals surface area contributed by atoms with E-state index in [9.17, 15) is 4.79 Å². The molecule has 0 bridgehead atoms. The van der Waals surface area contributed by atoms with Gasteiger partial charge in [0.2, 0.25) is 0 Å². The van der Waals surface area contributed by atoms with Crippen LogP contribution < -0.4 is 0 Å². The van der Waals surface area contributed by atoms with Crippen molar-refractivity contribution in [3.63, 3.8) is 0 Å². The summed E-state index contributed by atoms with van der Waals surface area (Å²) in [7, 11) is 0. The Kier molecular flexibility index (Phi) is 6.51. The molecular formula is C15H30N2O. The average Bonchev–Trinajstić information content (AvgIpc) is 2.39. The van der Waals surface area contributed by atoms with Crippen LogP contribution in [0, 0.1) is 11.8 Å². The first kappa shape index (κ1) is 15.3. The van der Waals surface area contributed by atoms with Crippen LogP contribution in [-0.2, 0) is 0 Å². The third-order valence-electron chi connectivity index (χ3n) is 4.21. The Hall–Kier alpha value is -0.730. The number of likely N-dealkylation sites (tertiary alicyclic amines) is 1. The standard InChI is InChI=1S/C15H30N2O/c1-5-14(6-2)12-16(7-3)15(18)17-10-8-9-13(4)11-17/h13-14H,5-12H2,1-4H3. The van der Waals surface area contributed by atoms with Gasteiger partial charge in [0.05, 0.1) is 0 Å². The molecule has 0 aromatic rings. The molecule has 0 radical (unpaired) electrons. The molecule has 0 aromatic heterocycles. The molecule has 0 N–H and O–H groups in total. The van der Waals surface area contributed by atoms with Crippen LogP contribution in [-0.4, -0.2) is 42.0 Å². The van der Waals surface area contributed by atoms with Crippen molar-refractivity contribution in [3.05, 3.63) is 0 Å². The van der Waals surface area contributed by atoms with Gasteiger partial charge in [-0.25, -0.2) is 4.79 Å². The number of hydrogen-bond donors (Lipinski definition) is 0. The van der Waals surface area contributed by atoms with Gasteiger partial charge in [0.25, 0.3) is 0 Å². The topological polar surface area (TPSA) is 23.6 Å². The van der Waals surface area contributed by atoms with Gasteiger partial charge in [-0.1, -0.05) is 33.6 Å². The molecule has 0 aliphatic carbocycles. The van der Waals surface area contributed by atoms with Gasteiger partial charge >= 0.3 is 6.03 Å². The third kappa shape index (κ3) is 4.18. The molecule has 0 aromatic carbocycles.